The smallest absolute Gasteiger partial charge is 0.214 e. The second-order valence-corrected chi connectivity index (χ2v) is 2.87. The number of hydrogen-bond donors (Lipinski definition) is 0. The summed E-state index contributed by atoms with van der Waals surface area (Å²) in [6, 6.07) is 4.16. The maximum atomic E-state index is 12.9. The van der Waals surface area contributed by atoms with Crippen LogP contribution in [0.3, 0.4) is 0 Å². The van der Waals surface area contributed by atoms with Crippen LogP contribution in [0.2, 0.25) is 0 Å². The number of carbonyl (C=O) groups is 1. The molecular weight excluding hydrogens is 199 g/mol. The molecule has 0 radical (unpaired) electrons. The zero-order valence-corrected chi connectivity index (χ0v) is 7.90. The second-order valence-electron chi connectivity index (χ2n) is 2.87. The number of methoxy groups -OCH3 is 1. The van der Waals surface area contributed by atoms with Crippen LogP contribution in [0.1, 0.15) is 10.4 Å². The molecule has 5 heteroatoms. The number of rotatable bonds is 2. The normalized spacial score (nSPS) is 10.3. The molecule has 2 aromatic heterocycles. The summed E-state index contributed by atoms with van der Waals surface area (Å²) in [4.78, 5) is 18.3. The van der Waals surface area contributed by atoms with Crippen molar-refractivity contribution in [3.63, 3.8) is 0 Å². The molecule has 0 spiro atoms. The monoisotopic (exact) mass is 206 g/mol. The number of fused-ring (bicyclic) bond motifs is 1. The van der Waals surface area contributed by atoms with Crippen LogP contribution in [0.5, 0.6) is 5.88 Å². The number of pyridine rings is 2. The summed E-state index contributed by atoms with van der Waals surface area (Å²) < 4.78 is 17.8. The molecule has 0 saturated heterocycles. The van der Waals surface area contributed by atoms with Gasteiger partial charge in [-0.15, -0.1) is 0 Å². The van der Waals surface area contributed by atoms with E-state index in [4.69, 9.17) is 4.74 Å². The van der Waals surface area contributed by atoms with Gasteiger partial charge in [-0.05, 0) is 6.07 Å². The van der Waals surface area contributed by atoms with Gasteiger partial charge in [0.15, 0.2) is 6.29 Å². The summed E-state index contributed by atoms with van der Waals surface area (Å²) in [5, 5.41) is 0. The van der Waals surface area contributed by atoms with Gasteiger partial charge in [0, 0.05) is 17.7 Å². The Balaban J connectivity index is 2.79. The molecule has 76 valence electrons. The van der Waals surface area contributed by atoms with E-state index in [1.165, 1.54) is 7.11 Å². The van der Waals surface area contributed by atoms with Crippen LogP contribution in [-0.2, 0) is 0 Å². The topological polar surface area (TPSA) is 52.1 Å². The lowest BCUT2D eigenvalue weighted by molar-refractivity contribution is 0.112. The lowest BCUT2D eigenvalue weighted by Crippen LogP contribution is -1.95. The summed E-state index contributed by atoms with van der Waals surface area (Å²) in [5.41, 5.74) is 0.833. The van der Waals surface area contributed by atoms with Crippen molar-refractivity contribution in [2.75, 3.05) is 7.11 Å². The number of nitrogens with zero attached hydrogens (tertiary/aromatic N) is 2. The van der Waals surface area contributed by atoms with Gasteiger partial charge in [0.25, 0.3) is 0 Å². The average molecular weight is 206 g/mol. The quantitative estimate of drug-likeness (QED) is 0.553. The molecule has 0 bridgehead atoms. The van der Waals surface area contributed by atoms with E-state index in [2.05, 4.69) is 9.97 Å². The zero-order chi connectivity index (χ0) is 10.8. The van der Waals surface area contributed by atoms with Crippen molar-refractivity contribution >= 4 is 17.3 Å². The zero-order valence-electron chi connectivity index (χ0n) is 7.90. The summed E-state index contributed by atoms with van der Waals surface area (Å²) in [6.07, 6.45) is 0.541. The number of ether oxygens (including phenoxy) is 1. The van der Waals surface area contributed by atoms with Gasteiger partial charge in [0.2, 0.25) is 11.8 Å². The van der Waals surface area contributed by atoms with Gasteiger partial charge in [-0.1, -0.05) is 0 Å². The molecule has 0 atom stereocenters. The first-order chi connectivity index (χ1) is 7.24. The Labute approximate surface area is 84.7 Å². The fraction of sp³-hybridized carbons (Fsp3) is 0.100. The van der Waals surface area contributed by atoms with Gasteiger partial charge < -0.3 is 4.74 Å². The van der Waals surface area contributed by atoms with Gasteiger partial charge >= 0.3 is 0 Å². The van der Waals surface area contributed by atoms with Crippen molar-refractivity contribution in [1.82, 2.24) is 9.97 Å². The van der Waals surface area contributed by atoms with Crippen molar-refractivity contribution in [2.24, 2.45) is 0 Å². The highest BCUT2D eigenvalue weighted by Gasteiger charge is 2.07. The van der Waals surface area contributed by atoms with Gasteiger partial charge in [-0.25, -0.2) is 9.97 Å². The number of aldehydes is 1. The van der Waals surface area contributed by atoms with Crippen molar-refractivity contribution in [1.29, 1.82) is 0 Å². The molecule has 2 heterocycles. The molecule has 0 unspecified atom stereocenters. The Morgan fingerprint density at radius 1 is 1.40 bits per heavy atom. The largest absolute Gasteiger partial charge is 0.481 e. The van der Waals surface area contributed by atoms with E-state index >= 15 is 0 Å². The van der Waals surface area contributed by atoms with Gasteiger partial charge in [0.1, 0.15) is 5.52 Å². The third kappa shape index (κ3) is 1.63. The highest BCUT2D eigenvalue weighted by atomic mass is 19.1. The van der Waals surface area contributed by atoms with Crippen LogP contribution in [0, 0.1) is 5.95 Å². The van der Waals surface area contributed by atoms with E-state index in [-0.39, 0.29) is 5.56 Å². The highest BCUT2D eigenvalue weighted by molar-refractivity contribution is 5.93. The molecule has 15 heavy (non-hydrogen) atoms. The summed E-state index contributed by atoms with van der Waals surface area (Å²) in [7, 11) is 1.46. The summed E-state index contributed by atoms with van der Waals surface area (Å²) >= 11 is 0. The van der Waals surface area contributed by atoms with E-state index < -0.39 is 5.95 Å². The first-order valence-corrected chi connectivity index (χ1v) is 4.21. The average Bonchev–Trinajstić information content (AvgIpc) is 2.27. The van der Waals surface area contributed by atoms with E-state index in [9.17, 15) is 9.18 Å². The fourth-order valence-electron chi connectivity index (χ4n) is 1.28. The molecule has 0 fully saturated rings. The Morgan fingerprint density at radius 3 is 2.87 bits per heavy atom. The predicted molar refractivity (Wildman–Crippen MR) is 51.4 cm³/mol. The molecule has 0 aliphatic rings. The standard InChI is InChI=1S/C10H7FN2O2/c1-15-9-3-2-7-10(13-9)6(5-14)4-8(11)12-7/h2-5H,1H3. The SMILES string of the molecule is COc1ccc2nc(F)cc(C=O)c2n1. The van der Waals surface area contributed by atoms with Crippen LogP contribution in [0.4, 0.5) is 4.39 Å². The Hall–Kier alpha value is -2.04. The minimum Gasteiger partial charge on any atom is -0.481 e. The van der Waals surface area contributed by atoms with Crippen LogP contribution in [0.25, 0.3) is 11.0 Å². The minimum atomic E-state index is -0.698. The maximum absolute atomic E-state index is 12.9. The van der Waals surface area contributed by atoms with E-state index in [1.807, 2.05) is 0 Å². The molecule has 0 amide bonds. The molecule has 2 aromatic rings. The molecular formula is C10H7FN2O2. The van der Waals surface area contributed by atoms with Gasteiger partial charge in [-0.3, -0.25) is 4.79 Å². The maximum Gasteiger partial charge on any atom is 0.214 e. The molecule has 0 N–H and O–H groups in total. The van der Waals surface area contributed by atoms with Crippen molar-refractivity contribution in [3.8, 4) is 5.88 Å². The van der Waals surface area contributed by atoms with Crippen molar-refractivity contribution in [2.45, 2.75) is 0 Å². The van der Waals surface area contributed by atoms with Crippen LogP contribution < -0.4 is 4.74 Å². The first kappa shape index (κ1) is 9.51. The first-order valence-electron chi connectivity index (χ1n) is 4.21. The number of aromatic nitrogens is 2. The molecule has 0 aromatic carbocycles. The third-order valence-corrected chi connectivity index (χ3v) is 1.96. The van der Waals surface area contributed by atoms with Crippen molar-refractivity contribution in [3.05, 3.63) is 29.7 Å². The van der Waals surface area contributed by atoms with Gasteiger partial charge in [0.05, 0.1) is 12.6 Å². The van der Waals surface area contributed by atoms with Crippen molar-refractivity contribution < 1.29 is 13.9 Å². The Kier molecular flexibility index (Phi) is 2.29. The molecule has 0 aliphatic carbocycles. The Morgan fingerprint density at radius 2 is 2.20 bits per heavy atom. The minimum absolute atomic E-state index is 0.163. The van der Waals surface area contributed by atoms with Crippen LogP contribution in [0.15, 0.2) is 18.2 Å². The molecule has 0 aliphatic heterocycles. The van der Waals surface area contributed by atoms with Crippen LogP contribution in [-0.4, -0.2) is 23.4 Å². The van der Waals surface area contributed by atoms with E-state index in [1.54, 1.807) is 12.1 Å². The number of carbonyl (C=O) groups excluding carboxylic acids is 1. The van der Waals surface area contributed by atoms with Crippen LogP contribution >= 0.6 is 0 Å². The van der Waals surface area contributed by atoms with Gasteiger partial charge in [-0.2, -0.15) is 4.39 Å². The Bertz CT molecular complexity index is 528. The second kappa shape index (κ2) is 3.61. The fourth-order valence-corrected chi connectivity index (χ4v) is 1.28. The third-order valence-electron chi connectivity index (χ3n) is 1.96. The molecule has 2 rings (SSSR count). The number of hydrogen-bond acceptors (Lipinski definition) is 4. The van der Waals surface area contributed by atoms with E-state index in [0.29, 0.717) is 23.2 Å². The summed E-state index contributed by atoms with van der Waals surface area (Å²) in [6.45, 7) is 0. The highest BCUT2D eigenvalue weighted by Crippen LogP contribution is 2.18. The molecule has 4 nitrogen and oxygen atoms in total. The van der Waals surface area contributed by atoms with E-state index in [0.717, 1.165) is 6.07 Å². The number of halogens is 1. The molecule has 0 saturated carbocycles. The summed E-state index contributed by atoms with van der Waals surface area (Å²) in [5.74, 6) is -0.337. The predicted octanol–water partition coefficient (Wildman–Crippen LogP) is 1.59. The lowest BCUT2D eigenvalue weighted by atomic mass is 10.2. The lowest BCUT2D eigenvalue weighted by Gasteiger charge is -2.02.